The van der Waals surface area contributed by atoms with E-state index in [4.69, 9.17) is 4.74 Å². The van der Waals surface area contributed by atoms with Crippen LogP contribution in [0.3, 0.4) is 0 Å². The van der Waals surface area contributed by atoms with Crippen LogP contribution in [-0.4, -0.2) is 33.4 Å². The van der Waals surface area contributed by atoms with Crippen molar-refractivity contribution < 1.29 is 35.5 Å². The Hall–Kier alpha value is -0.330. The molecule has 1 amide bonds. The normalized spacial score (nSPS) is 33.6. The summed E-state index contributed by atoms with van der Waals surface area (Å²) in [5.41, 5.74) is 0. The third-order valence-corrected chi connectivity index (χ3v) is 8.78. The summed E-state index contributed by atoms with van der Waals surface area (Å²) in [6.07, 6.45) is 7.75. The fraction of sp³-hybridized carbons (Fsp3) is 0.875. The molecule has 2 rings (SSSR count). The molecule has 1 aliphatic heterocycles. The van der Waals surface area contributed by atoms with Crippen LogP contribution in [-0.2, 0) is 14.3 Å². The third-order valence-electron chi connectivity index (χ3n) is 4.72. The van der Waals surface area contributed by atoms with E-state index in [0.29, 0.717) is 24.3 Å². The third kappa shape index (κ3) is 5.11. The second-order valence-electron chi connectivity index (χ2n) is 6.29. The Kier molecular flexibility index (Phi) is 6.76. The predicted octanol–water partition coefficient (Wildman–Crippen LogP) is -0.888. The molecule has 1 aliphatic carbocycles. The first kappa shape index (κ1) is 17.0. The van der Waals surface area contributed by atoms with E-state index in [1.807, 2.05) is 0 Å². The van der Waals surface area contributed by atoms with Crippen molar-refractivity contribution in [2.75, 3.05) is 11.5 Å². The van der Waals surface area contributed by atoms with Gasteiger partial charge in [-0.25, -0.2) is 0 Å². The van der Waals surface area contributed by atoms with Crippen molar-refractivity contribution in [2.24, 2.45) is 11.8 Å². The molecule has 0 aromatic heterocycles. The van der Waals surface area contributed by atoms with Gasteiger partial charge in [0.05, 0.1) is 0 Å². The molecular formula is C16H27INO3-. The predicted molar refractivity (Wildman–Crippen MR) is 77.6 cm³/mol. The summed E-state index contributed by atoms with van der Waals surface area (Å²) in [4.78, 5) is 23.0. The van der Waals surface area contributed by atoms with Gasteiger partial charge in [-0.2, -0.15) is 0 Å². The SMILES string of the molecule is COC(=O)CC1CCC(NC(C)=O)C(C2CCCC[I-]2)C1. The summed E-state index contributed by atoms with van der Waals surface area (Å²) in [7, 11) is 1.47. The first-order valence-corrected chi connectivity index (χ1v) is 10.8. The molecule has 0 bridgehead atoms. The van der Waals surface area contributed by atoms with Gasteiger partial charge in [0.2, 0.25) is 0 Å². The summed E-state index contributed by atoms with van der Waals surface area (Å²) in [6, 6.07) is 0.333. The Labute approximate surface area is 138 Å². The average molecular weight is 408 g/mol. The van der Waals surface area contributed by atoms with E-state index in [-0.39, 0.29) is 33.1 Å². The van der Waals surface area contributed by atoms with Crippen LogP contribution < -0.4 is 26.5 Å². The number of nitrogens with one attached hydrogen (secondary N) is 1. The number of carbonyl (C=O) groups excluding carboxylic acids is 2. The fourth-order valence-electron chi connectivity index (χ4n) is 3.70. The molecule has 1 N–H and O–H groups in total. The fourth-order valence-corrected chi connectivity index (χ4v) is 7.81. The molecule has 2 aliphatic rings. The molecule has 4 unspecified atom stereocenters. The summed E-state index contributed by atoms with van der Waals surface area (Å²) in [5, 5.41) is 3.18. The molecule has 0 aromatic rings. The van der Waals surface area contributed by atoms with Crippen LogP contribution >= 0.6 is 0 Å². The van der Waals surface area contributed by atoms with Gasteiger partial charge >= 0.3 is 138 Å². The van der Waals surface area contributed by atoms with E-state index in [9.17, 15) is 9.59 Å². The number of methoxy groups -OCH3 is 1. The Bertz CT molecular complexity index is 369. The van der Waals surface area contributed by atoms with Gasteiger partial charge in [-0.15, -0.1) is 0 Å². The molecule has 5 heteroatoms. The number of rotatable bonds is 4. The van der Waals surface area contributed by atoms with E-state index < -0.39 is 0 Å². The standard InChI is InChI=1S/C16H27INO3/c1-11(19)18-15-7-6-12(10-16(20)21-2)9-13(15)14-5-3-4-8-17-14/h12-15H,3-10H2,1-2H3,(H,18,19)/q-1. The number of alkyl halides is 2. The van der Waals surface area contributed by atoms with Gasteiger partial charge in [0, 0.05) is 0 Å². The molecule has 0 radical (unpaired) electrons. The molecule has 4 nitrogen and oxygen atoms in total. The number of hydrogen-bond acceptors (Lipinski definition) is 3. The first-order valence-electron chi connectivity index (χ1n) is 8.01. The van der Waals surface area contributed by atoms with Crippen LogP contribution in [0, 0.1) is 11.8 Å². The monoisotopic (exact) mass is 408 g/mol. The van der Waals surface area contributed by atoms with Crippen LogP contribution in [0.5, 0.6) is 0 Å². The second-order valence-corrected chi connectivity index (χ2v) is 9.84. The summed E-state index contributed by atoms with van der Waals surface area (Å²) >= 11 is 0.259. The van der Waals surface area contributed by atoms with Crippen molar-refractivity contribution >= 4 is 11.9 Å². The molecule has 2 fully saturated rings. The van der Waals surface area contributed by atoms with Gasteiger partial charge in [-0.3, -0.25) is 0 Å². The molecule has 1 heterocycles. The number of carbonyl (C=O) groups is 2. The van der Waals surface area contributed by atoms with E-state index >= 15 is 0 Å². The Morgan fingerprint density at radius 2 is 2.05 bits per heavy atom. The van der Waals surface area contributed by atoms with Gasteiger partial charge in [-0.1, -0.05) is 0 Å². The molecule has 0 spiro atoms. The zero-order valence-corrected chi connectivity index (χ0v) is 15.2. The van der Waals surface area contributed by atoms with Crippen LogP contribution in [0.15, 0.2) is 0 Å². The minimum atomic E-state index is -0.0879. The number of esters is 1. The Morgan fingerprint density at radius 1 is 1.24 bits per heavy atom. The molecule has 1 saturated heterocycles. The summed E-state index contributed by atoms with van der Waals surface area (Å²) in [6.45, 7) is 1.62. The maximum atomic E-state index is 11.5. The Balaban J connectivity index is 1.99. The molecule has 0 aromatic carbocycles. The van der Waals surface area contributed by atoms with Crippen molar-refractivity contribution in [2.45, 2.75) is 61.8 Å². The van der Waals surface area contributed by atoms with Crippen LogP contribution in [0.2, 0.25) is 0 Å². The maximum absolute atomic E-state index is 11.5. The van der Waals surface area contributed by atoms with E-state index in [2.05, 4.69) is 5.32 Å². The minimum absolute atomic E-state index is 0.0879. The van der Waals surface area contributed by atoms with Gasteiger partial charge in [-0.05, 0) is 0 Å². The molecule has 21 heavy (non-hydrogen) atoms. The molecule has 122 valence electrons. The first-order chi connectivity index (χ1) is 10.1. The van der Waals surface area contributed by atoms with E-state index in [1.165, 1.54) is 30.8 Å². The number of ether oxygens (including phenoxy) is 1. The topological polar surface area (TPSA) is 55.4 Å². The van der Waals surface area contributed by atoms with Gasteiger partial charge < -0.3 is 0 Å². The second kappa shape index (κ2) is 8.34. The summed E-state index contributed by atoms with van der Waals surface area (Å²) in [5.74, 6) is 1.03. The molecular weight excluding hydrogens is 381 g/mol. The quantitative estimate of drug-likeness (QED) is 0.373. The van der Waals surface area contributed by atoms with Crippen molar-refractivity contribution in [3.05, 3.63) is 0 Å². The van der Waals surface area contributed by atoms with Crippen LogP contribution in [0.4, 0.5) is 0 Å². The number of hydrogen-bond donors (Lipinski definition) is 1. The number of halogens is 1. The number of amides is 1. The van der Waals surface area contributed by atoms with E-state index in [0.717, 1.165) is 23.2 Å². The van der Waals surface area contributed by atoms with Gasteiger partial charge in [0.1, 0.15) is 0 Å². The zero-order valence-electron chi connectivity index (χ0n) is 13.1. The Morgan fingerprint density at radius 3 is 2.67 bits per heavy atom. The molecule has 1 saturated carbocycles. The van der Waals surface area contributed by atoms with Gasteiger partial charge in [0.15, 0.2) is 0 Å². The van der Waals surface area contributed by atoms with E-state index in [1.54, 1.807) is 6.92 Å². The summed E-state index contributed by atoms with van der Waals surface area (Å²) < 4.78 is 7.08. The van der Waals surface area contributed by atoms with Crippen LogP contribution in [0.25, 0.3) is 0 Å². The van der Waals surface area contributed by atoms with Crippen molar-refractivity contribution in [3.63, 3.8) is 0 Å². The van der Waals surface area contributed by atoms with Crippen LogP contribution in [0.1, 0.15) is 51.9 Å². The van der Waals surface area contributed by atoms with Crippen molar-refractivity contribution in [1.82, 2.24) is 5.32 Å². The van der Waals surface area contributed by atoms with Crippen molar-refractivity contribution in [1.29, 1.82) is 0 Å². The van der Waals surface area contributed by atoms with Gasteiger partial charge in [0.25, 0.3) is 0 Å². The average Bonchev–Trinajstić information content (AvgIpc) is 2.49. The van der Waals surface area contributed by atoms with Crippen molar-refractivity contribution in [3.8, 4) is 0 Å². The zero-order chi connectivity index (χ0) is 15.2. The molecule has 4 atom stereocenters.